The average Bonchev–Trinajstić information content (AvgIpc) is 3.06. The van der Waals surface area contributed by atoms with Gasteiger partial charge in [0.2, 0.25) is 0 Å². The summed E-state index contributed by atoms with van der Waals surface area (Å²) >= 11 is 0. The summed E-state index contributed by atoms with van der Waals surface area (Å²) < 4.78 is 16.1. The number of nitrogens with one attached hydrogen (secondary N) is 1. The maximum Gasteiger partial charge on any atom is 0.418 e. The van der Waals surface area contributed by atoms with Crippen molar-refractivity contribution in [1.82, 2.24) is 10.5 Å². The molecule has 3 fully saturated rings. The van der Waals surface area contributed by atoms with E-state index in [-0.39, 0.29) is 18.4 Å². The number of anilines is 1. The van der Waals surface area contributed by atoms with E-state index >= 15 is 0 Å². The maximum absolute atomic E-state index is 12.5. The zero-order valence-corrected chi connectivity index (χ0v) is 15.7. The molecule has 0 radical (unpaired) electrons. The molecule has 2 unspecified atom stereocenters. The largest absolute Gasteiger partial charge is 0.425 e. The summed E-state index contributed by atoms with van der Waals surface area (Å²) in [7, 11) is 0. The van der Waals surface area contributed by atoms with Gasteiger partial charge in [-0.3, -0.25) is 4.90 Å². The van der Waals surface area contributed by atoms with Gasteiger partial charge in [0.25, 0.3) is 5.88 Å². The molecule has 1 aliphatic carbocycles. The minimum absolute atomic E-state index is 0. The third kappa shape index (κ3) is 1.79. The van der Waals surface area contributed by atoms with Crippen molar-refractivity contribution >= 4 is 24.2 Å². The van der Waals surface area contributed by atoms with E-state index in [1.54, 1.807) is 4.90 Å². The summed E-state index contributed by atoms with van der Waals surface area (Å²) in [5.41, 5.74) is 1.97. The number of hydrogen-bond donors (Lipinski definition) is 1. The van der Waals surface area contributed by atoms with E-state index < -0.39 is 17.3 Å². The Kier molecular flexibility index (Phi) is 3.35. The van der Waals surface area contributed by atoms with E-state index in [1.807, 2.05) is 31.2 Å². The van der Waals surface area contributed by atoms with E-state index in [9.17, 15) is 10.1 Å². The molecule has 3 aliphatic heterocycles. The molecule has 1 spiro atoms. The first-order chi connectivity index (χ1) is 13.1. The number of hydrogen-bond acceptors (Lipinski definition) is 7. The van der Waals surface area contributed by atoms with E-state index in [0.29, 0.717) is 29.0 Å². The molecule has 1 saturated carbocycles. The van der Waals surface area contributed by atoms with Gasteiger partial charge in [-0.15, -0.1) is 12.4 Å². The molecule has 28 heavy (non-hydrogen) atoms. The fourth-order valence-corrected chi connectivity index (χ4v) is 5.09. The smallest absolute Gasteiger partial charge is 0.418 e. The van der Waals surface area contributed by atoms with E-state index in [4.69, 9.17) is 14.0 Å². The second-order valence-corrected chi connectivity index (χ2v) is 7.62. The zero-order valence-electron chi connectivity index (χ0n) is 14.9. The second-order valence-electron chi connectivity index (χ2n) is 7.62. The van der Waals surface area contributed by atoms with Crippen molar-refractivity contribution in [2.75, 3.05) is 18.0 Å². The molecule has 1 amide bonds. The third-order valence-corrected chi connectivity index (χ3v) is 6.62. The van der Waals surface area contributed by atoms with E-state index in [2.05, 4.69) is 16.5 Å². The minimum Gasteiger partial charge on any atom is -0.425 e. The summed E-state index contributed by atoms with van der Waals surface area (Å²) in [4.78, 5) is 14.1. The van der Waals surface area contributed by atoms with Crippen molar-refractivity contribution in [2.24, 2.45) is 11.8 Å². The molecule has 1 aromatic carbocycles. The Morgan fingerprint density at radius 3 is 2.61 bits per heavy atom. The van der Waals surface area contributed by atoms with Crippen LogP contribution in [0, 0.1) is 23.2 Å². The highest BCUT2D eigenvalue weighted by Gasteiger charge is 2.68. The minimum atomic E-state index is -1.17. The van der Waals surface area contributed by atoms with Gasteiger partial charge < -0.3 is 19.3 Å². The van der Waals surface area contributed by atoms with Crippen LogP contribution in [0.1, 0.15) is 18.1 Å². The predicted octanol–water partition coefficient (Wildman–Crippen LogP) is 2.30. The number of piperidine rings is 1. The topological polar surface area (TPSA) is 101 Å². The van der Waals surface area contributed by atoms with Crippen LogP contribution in [0.15, 0.2) is 35.1 Å². The first-order valence-electron chi connectivity index (χ1n) is 9.00. The number of halogens is 1. The van der Waals surface area contributed by atoms with Crippen molar-refractivity contribution in [1.29, 1.82) is 5.26 Å². The highest BCUT2D eigenvalue weighted by atomic mass is 35.5. The van der Waals surface area contributed by atoms with Gasteiger partial charge >= 0.3 is 11.9 Å². The SMILES string of the molecule is CC1N(c2ccc(C3(C#N)[C@@H]4CNC[C@@H]43)cc2)C(=O)O[C@@]12Oc1nocc12.Cl. The lowest BCUT2D eigenvalue weighted by molar-refractivity contribution is -0.170. The van der Waals surface area contributed by atoms with Crippen LogP contribution in [-0.2, 0) is 15.9 Å². The van der Waals surface area contributed by atoms with Gasteiger partial charge in [-0.25, -0.2) is 4.79 Å². The lowest BCUT2D eigenvalue weighted by atomic mass is 9.91. The predicted molar refractivity (Wildman–Crippen MR) is 98.1 cm³/mol. The number of carbonyl (C=O) groups excluding carboxylic acids is 1. The number of amides is 1. The van der Waals surface area contributed by atoms with Crippen LogP contribution in [-0.4, -0.2) is 30.4 Å². The summed E-state index contributed by atoms with van der Waals surface area (Å²) in [5, 5.41) is 16.8. The van der Waals surface area contributed by atoms with Crippen LogP contribution in [0.5, 0.6) is 5.88 Å². The summed E-state index contributed by atoms with van der Waals surface area (Å²) in [6.45, 7) is 3.63. The van der Waals surface area contributed by atoms with Gasteiger partial charge in [-0.05, 0) is 29.8 Å². The lowest BCUT2D eigenvalue weighted by Gasteiger charge is -2.37. The standard InChI is InChI=1S/C19H16N4O4.ClH/c1-10-19(15-8-25-22-16(15)26-19)27-17(24)23(10)12-4-2-11(3-5-12)18(9-20)13-6-21-7-14(13)18;/h2-5,8,10,13-14,21H,6-7H2,1H3;1H/t10?,13-,14+,18?,19-;/m0./s1. The van der Waals surface area contributed by atoms with Gasteiger partial charge in [0, 0.05) is 30.6 Å². The number of ether oxygens (including phenoxy) is 2. The molecule has 4 heterocycles. The first-order valence-corrected chi connectivity index (χ1v) is 9.00. The number of fused-ring (bicyclic) bond motifs is 3. The zero-order chi connectivity index (χ0) is 18.4. The van der Waals surface area contributed by atoms with Gasteiger partial charge in [0.05, 0.1) is 11.5 Å². The fourth-order valence-electron chi connectivity index (χ4n) is 5.09. The number of nitrogens with zero attached hydrogens (tertiary/aromatic N) is 3. The van der Waals surface area contributed by atoms with E-state index in [1.165, 1.54) is 6.26 Å². The molecule has 6 rings (SSSR count). The average molecular weight is 401 g/mol. The third-order valence-electron chi connectivity index (χ3n) is 6.62. The van der Waals surface area contributed by atoms with Crippen LogP contribution in [0.25, 0.3) is 0 Å². The summed E-state index contributed by atoms with van der Waals surface area (Å²) in [5.74, 6) is -0.0555. The van der Waals surface area contributed by atoms with Crippen molar-refractivity contribution < 1.29 is 18.8 Å². The molecule has 2 saturated heterocycles. The number of aromatic nitrogens is 1. The molecule has 4 aliphatic rings. The Bertz CT molecular complexity index is 1010. The van der Waals surface area contributed by atoms with E-state index in [0.717, 1.165) is 18.7 Å². The fraction of sp³-hybridized carbons (Fsp3) is 0.421. The molecule has 2 aromatic rings. The Labute approximate surface area is 166 Å². The molecular weight excluding hydrogens is 384 g/mol. The number of benzene rings is 1. The van der Waals surface area contributed by atoms with Crippen LogP contribution in [0.3, 0.4) is 0 Å². The Morgan fingerprint density at radius 2 is 1.96 bits per heavy atom. The van der Waals surface area contributed by atoms with Gasteiger partial charge in [-0.1, -0.05) is 12.1 Å². The van der Waals surface area contributed by atoms with Crippen molar-refractivity contribution in [2.45, 2.75) is 24.2 Å². The molecule has 8 nitrogen and oxygen atoms in total. The monoisotopic (exact) mass is 400 g/mol. The molecular formula is C19H17ClN4O4. The van der Waals surface area contributed by atoms with Gasteiger partial charge in [-0.2, -0.15) is 5.26 Å². The Morgan fingerprint density at radius 1 is 1.25 bits per heavy atom. The Balaban J connectivity index is 0.00000171. The van der Waals surface area contributed by atoms with Crippen molar-refractivity contribution in [3.05, 3.63) is 41.7 Å². The molecule has 1 aromatic heterocycles. The number of rotatable bonds is 2. The van der Waals surface area contributed by atoms with Crippen LogP contribution >= 0.6 is 12.4 Å². The number of carbonyl (C=O) groups is 1. The lowest BCUT2D eigenvalue weighted by Crippen LogP contribution is -2.51. The van der Waals surface area contributed by atoms with Gasteiger partial charge in [0.15, 0.2) is 0 Å². The summed E-state index contributed by atoms with van der Waals surface area (Å²) in [6.07, 6.45) is 0.968. The first kappa shape index (κ1) is 17.3. The molecule has 5 atom stereocenters. The van der Waals surface area contributed by atoms with Crippen LogP contribution < -0.4 is 15.0 Å². The normalized spacial score (nSPS) is 36.5. The molecule has 9 heteroatoms. The highest BCUT2D eigenvalue weighted by Crippen LogP contribution is 2.61. The molecule has 1 N–H and O–H groups in total. The quantitative estimate of drug-likeness (QED) is 0.825. The van der Waals surface area contributed by atoms with Crippen LogP contribution in [0.4, 0.5) is 10.5 Å². The van der Waals surface area contributed by atoms with Crippen LogP contribution in [0.2, 0.25) is 0 Å². The van der Waals surface area contributed by atoms with Gasteiger partial charge in [0.1, 0.15) is 17.9 Å². The highest BCUT2D eigenvalue weighted by molar-refractivity contribution is 5.91. The molecule has 0 bridgehead atoms. The van der Waals surface area contributed by atoms with Crippen molar-refractivity contribution in [3.8, 4) is 11.9 Å². The molecule has 144 valence electrons. The Hall–Kier alpha value is -2.76. The summed E-state index contributed by atoms with van der Waals surface area (Å²) in [6, 6.07) is 9.81. The second kappa shape index (κ2) is 5.40. The number of nitriles is 1. The van der Waals surface area contributed by atoms with Crippen molar-refractivity contribution in [3.63, 3.8) is 0 Å². The maximum atomic E-state index is 12.5.